The normalized spacial score (nSPS) is 11.4. The number of para-hydroxylation sites is 1. The number of hydrogen-bond donors (Lipinski definition) is 2. The Balaban J connectivity index is 2.13. The van der Waals surface area contributed by atoms with E-state index in [0.29, 0.717) is 35.4 Å². The first kappa shape index (κ1) is 22.5. The molecule has 0 saturated carbocycles. The first-order valence-electron chi connectivity index (χ1n) is 9.05. The minimum Gasteiger partial charge on any atom is -0.497 e. The number of benzene rings is 2. The van der Waals surface area contributed by atoms with E-state index >= 15 is 0 Å². The van der Waals surface area contributed by atoms with Crippen LogP contribution in [-0.4, -0.2) is 39.2 Å². The van der Waals surface area contributed by atoms with Crippen LogP contribution in [-0.2, 0) is 14.3 Å². The number of rotatable bonds is 10. The van der Waals surface area contributed by atoms with Gasteiger partial charge in [-0.25, -0.2) is 0 Å². The molecular weight excluding hydrogens is 396 g/mol. The molecule has 1 unspecified atom stereocenters. The molecule has 2 amide bonds. The Labute approximate surface area is 175 Å². The van der Waals surface area contributed by atoms with E-state index in [1.807, 2.05) is 12.1 Å². The van der Waals surface area contributed by atoms with Crippen LogP contribution in [0, 0.1) is 0 Å². The van der Waals surface area contributed by atoms with E-state index < -0.39 is 6.04 Å². The molecule has 0 aliphatic carbocycles. The monoisotopic (exact) mass is 420 g/mol. The van der Waals surface area contributed by atoms with E-state index in [9.17, 15) is 9.59 Å². The number of anilines is 1. The molecule has 0 fully saturated rings. The second-order valence-electron chi connectivity index (χ2n) is 6.24. The highest BCUT2D eigenvalue weighted by Gasteiger charge is 2.19. The summed E-state index contributed by atoms with van der Waals surface area (Å²) in [6.07, 6.45) is 0.0376. The number of ether oxygens (including phenoxy) is 3. The maximum atomic E-state index is 12.7. The summed E-state index contributed by atoms with van der Waals surface area (Å²) in [5.41, 5.74) is 1.24. The maximum absolute atomic E-state index is 12.7. The molecule has 0 radical (unpaired) electrons. The molecular formula is C21H25ClN2O5. The lowest BCUT2D eigenvalue weighted by Crippen LogP contribution is -2.29. The van der Waals surface area contributed by atoms with Gasteiger partial charge < -0.3 is 24.8 Å². The molecule has 0 bridgehead atoms. The third kappa shape index (κ3) is 6.96. The van der Waals surface area contributed by atoms with Gasteiger partial charge >= 0.3 is 0 Å². The van der Waals surface area contributed by atoms with Gasteiger partial charge in [-0.1, -0.05) is 29.8 Å². The Morgan fingerprint density at radius 3 is 2.41 bits per heavy atom. The molecule has 0 spiro atoms. The van der Waals surface area contributed by atoms with Crippen LogP contribution in [0.1, 0.15) is 24.9 Å². The summed E-state index contributed by atoms with van der Waals surface area (Å²) in [5, 5.41) is 5.99. The van der Waals surface area contributed by atoms with E-state index in [0.717, 1.165) is 5.56 Å². The van der Waals surface area contributed by atoms with E-state index in [2.05, 4.69) is 10.6 Å². The summed E-state index contributed by atoms with van der Waals surface area (Å²) in [5.74, 6) is 0.542. The summed E-state index contributed by atoms with van der Waals surface area (Å²) in [7, 11) is 3.14. The largest absolute Gasteiger partial charge is 0.497 e. The number of nitrogens with one attached hydrogen (secondary N) is 2. The number of amides is 2. The second-order valence-corrected chi connectivity index (χ2v) is 6.64. The summed E-state index contributed by atoms with van der Waals surface area (Å²) in [4.78, 5) is 24.3. The lowest BCUT2D eigenvalue weighted by molar-refractivity contribution is -0.120. The van der Waals surface area contributed by atoms with Crippen LogP contribution in [0.4, 0.5) is 5.69 Å². The predicted octanol–water partition coefficient (Wildman–Crippen LogP) is 3.58. The quantitative estimate of drug-likeness (QED) is 0.574. The van der Waals surface area contributed by atoms with Crippen molar-refractivity contribution in [1.29, 1.82) is 0 Å². The minimum atomic E-state index is -0.490. The SMILES string of the molecule is COCCOc1c(Cl)cccc1NC(=O)CC(NC(C)=O)c1ccc(OC)cc1. The van der Waals surface area contributed by atoms with Crippen LogP contribution in [0.3, 0.4) is 0 Å². The van der Waals surface area contributed by atoms with Crippen molar-refractivity contribution in [1.82, 2.24) is 5.32 Å². The van der Waals surface area contributed by atoms with Crippen molar-refractivity contribution in [2.75, 3.05) is 32.8 Å². The second kappa shape index (κ2) is 11.3. The van der Waals surface area contributed by atoms with Crippen LogP contribution in [0.2, 0.25) is 5.02 Å². The Kier molecular flexibility index (Phi) is 8.76. The van der Waals surface area contributed by atoms with Crippen molar-refractivity contribution in [2.45, 2.75) is 19.4 Å². The fourth-order valence-electron chi connectivity index (χ4n) is 2.70. The molecule has 0 heterocycles. The number of halogens is 1. The van der Waals surface area contributed by atoms with Crippen molar-refractivity contribution in [3.05, 3.63) is 53.1 Å². The van der Waals surface area contributed by atoms with Gasteiger partial charge in [-0.05, 0) is 29.8 Å². The van der Waals surface area contributed by atoms with Gasteiger partial charge in [0.25, 0.3) is 0 Å². The van der Waals surface area contributed by atoms with E-state index in [-0.39, 0.29) is 18.2 Å². The average molecular weight is 421 g/mol. The molecule has 7 nitrogen and oxygen atoms in total. The number of hydrogen-bond acceptors (Lipinski definition) is 5. The molecule has 2 aromatic carbocycles. The van der Waals surface area contributed by atoms with Crippen LogP contribution < -0.4 is 20.1 Å². The summed E-state index contributed by atoms with van der Waals surface area (Å²) in [6.45, 7) is 2.09. The number of carbonyl (C=O) groups excluding carboxylic acids is 2. The molecule has 0 saturated heterocycles. The summed E-state index contributed by atoms with van der Waals surface area (Å²) < 4.78 is 15.8. The highest BCUT2D eigenvalue weighted by Crippen LogP contribution is 2.33. The fourth-order valence-corrected chi connectivity index (χ4v) is 2.93. The van der Waals surface area contributed by atoms with Crippen molar-refractivity contribution in [2.24, 2.45) is 0 Å². The molecule has 1 atom stereocenters. The molecule has 8 heteroatoms. The van der Waals surface area contributed by atoms with Gasteiger partial charge in [0.2, 0.25) is 11.8 Å². The lowest BCUT2D eigenvalue weighted by Gasteiger charge is -2.19. The average Bonchev–Trinajstić information content (AvgIpc) is 2.69. The van der Waals surface area contributed by atoms with Gasteiger partial charge in [-0.3, -0.25) is 9.59 Å². The van der Waals surface area contributed by atoms with Crippen LogP contribution in [0.25, 0.3) is 0 Å². The highest BCUT2D eigenvalue weighted by molar-refractivity contribution is 6.32. The molecule has 0 aliphatic heterocycles. The van der Waals surface area contributed by atoms with E-state index in [1.54, 1.807) is 44.6 Å². The van der Waals surface area contributed by atoms with Crippen LogP contribution in [0.15, 0.2) is 42.5 Å². The van der Waals surface area contributed by atoms with Gasteiger partial charge in [0, 0.05) is 14.0 Å². The molecule has 156 valence electrons. The third-order valence-electron chi connectivity index (χ3n) is 4.06. The number of methoxy groups -OCH3 is 2. The Morgan fingerprint density at radius 2 is 1.79 bits per heavy atom. The standard InChI is InChI=1S/C21H25ClN2O5/c1-14(25)23-19(15-7-9-16(28-3)10-8-15)13-20(26)24-18-6-4-5-17(22)21(18)29-12-11-27-2/h4-10,19H,11-13H2,1-3H3,(H,23,25)(H,24,26). The Hall–Kier alpha value is -2.77. The van der Waals surface area contributed by atoms with E-state index in [4.69, 9.17) is 25.8 Å². The molecule has 2 N–H and O–H groups in total. The minimum absolute atomic E-state index is 0.0376. The molecule has 0 aliphatic rings. The van der Waals surface area contributed by atoms with Crippen LogP contribution in [0.5, 0.6) is 11.5 Å². The topological polar surface area (TPSA) is 85.9 Å². The zero-order chi connectivity index (χ0) is 21.2. The van der Waals surface area contributed by atoms with Crippen molar-refractivity contribution < 1.29 is 23.8 Å². The summed E-state index contributed by atoms with van der Waals surface area (Å²) >= 11 is 6.20. The third-order valence-corrected chi connectivity index (χ3v) is 4.36. The van der Waals surface area contributed by atoms with Gasteiger partial charge in [0.1, 0.15) is 12.4 Å². The highest BCUT2D eigenvalue weighted by atomic mass is 35.5. The number of carbonyl (C=O) groups is 2. The first-order chi connectivity index (χ1) is 13.9. The Bertz CT molecular complexity index is 826. The van der Waals surface area contributed by atoms with Crippen molar-refractivity contribution in [3.63, 3.8) is 0 Å². The maximum Gasteiger partial charge on any atom is 0.226 e. The zero-order valence-corrected chi connectivity index (χ0v) is 17.4. The molecule has 0 aromatic heterocycles. The molecule has 29 heavy (non-hydrogen) atoms. The van der Waals surface area contributed by atoms with Crippen molar-refractivity contribution >= 4 is 29.1 Å². The van der Waals surface area contributed by atoms with Crippen molar-refractivity contribution in [3.8, 4) is 11.5 Å². The van der Waals surface area contributed by atoms with Gasteiger partial charge in [0.15, 0.2) is 5.75 Å². The van der Waals surface area contributed by atoms with Gasteiger partial charge in [0.05, 0.1) is 36.9 Å². The molecule has 2 rings (SSSR count). The lowest BCUT2D eigenvalue weighted by atomic mass is 10.0. The summed E-state index contributed by atoms with van der Waals surface area (Å²) in [6, 6.07) is 11.8. The zero-order valence-electron chi connectivity index (χ0n) is 16.7. The predicted molar refractivity (Wildman–Crippen MR) is 112 cm³/mol. The van der Waals surface area contributed by atoms with Gasteiger partial charge in [-0.2, -0.15) is 0 Å². The Morgan fingerprint density at radius 1 is 1.07 bits per heavy atom. The van der Waals surface area contributed by atoms with E-state index in [1.165, 1.54) is 6.92 Å². The first-order valence-corrected chi connectivity index (χ1v) is 9.43. The smallest absolute Gasteiger partial charge is 0.226 e. The van der Waals surface area contributed by atoms with Gasteiger partial charge in [-0.15, -0.1) is 0 Å². The molecule has 2 aromatic rings. The van der Waals surface area contributed by atoms with Crippen LogP contribution >= 0.6 is 11.6 Å². The fraction of sp³-hybridized carbons (Fsp3) is 0.333.